The Bertz CT molecular complexity index is 349. The van der Waals surface area contributed by atoms with Crippen LogP contribution in [-0.4, -0.2) is 0 Å². The molecule has 2 rings (SSSR count). The van der Waals surface area contributed by atoms with E-state index in [1.54, 1.807) is 11.3 Å². The number of rotatable bonds is 0. The van der Waals surface area contributed by atoms with Crippen molar-refractivity contribution in [1.29, 1.82) is 0 Å². The predicted molar refractivity (Wildman–Crippen MR) is 47.9 cm³/mol. The summed E-state index contributed by atoms with van der Waals surface area (Å²) in [4.78, 5) is 1.02. The van der Waals surface area contributed by atoms with Crippen molar-refractivity contribution >= 4 is 34.1 Å². The second-order valence-electron chi connectivity index (χ2n) is 2.06. The summed E-state index contributed by atoms with van der Waals surface area (Å²) in [5.74, 6) is 0. The van der Waals surface area contributed by atoms with Gasteiger partial charge in [0.05, 0.1) is 0 Å². The summed E-state index contributed by atoms with van der Waals surface area (Å²) in [5.41, 5.74) is 0. The standard InChI is InChI=1S/C8H5S2/c9-7-2-1-6-3-4-10-8(6)5-7/h1-2,4-5,9H. The Hall–Kier alpha value is -0.470. The average Bonchev–Trinajstić information content (AvgIpc) is 2.33. The smallest absolute Gasteiger partial charge is 0.0360 e. The van der Waals surface area contributed by atoms with Gasteiger partial charge in [-0.3, -0.25) is 0 Å². The third-order valence-corrected chi connectivity index (χ3v) is 2.47. The Morgan fingerprint density at radius 2 is 2.30 bits per heavy atom. The zero-order valence-electron chi connectivity index (χ0n) is 5.16. The van der Waals surface area contributed by atoms with Crippen molar-refractivity contribution in [2.75, 3.05) is 0 Å². The van der Waals surface area contributed by atoms with E-state index in [2.05, 4.69) is 24.8 Å². The SMILES string of the molecule is Sc1ccc2[c]csc2c1. The molecule has 0 saturated heterocycles. The van der Waals surface area contributed by atoms with Gasteiger partial charge in [0.25, 0.3) is 0 Å². The van der Waals surface area contributed by atoms with Gasteiger partial charge in [-0.25, -0.2) is 0 Å². The van der Waals surface area contributed by atoms with Crippen molar-refractivity contribution in [3.63, 3.8) is 0 Å². The van der Waals surface area contributed by atoms with E-state index >= 15 is 0 Å². The molecule has 0 amide bonds. The van der Waals surface area contributed by atoms with Gasteiger partial charge in [-0.15, -0.1) is 24.0 Å². The first-order valence-electron chi connectivity index (χ1n) is 2.94. The molecule has 0 aliphatic carbocycles. The third kappa shape index (κ3) is 0.935. The lowest BCUT2D eigenvalue weighted by atomic mass is 10.3. The molecule has 49 valence electrons. The Morgan fingerprint density at radius 1 is 1.40 bits per heavy atom. The van der Waals surface area contributed by atoms with E-state index in [0.29, 0.717) is 0 Å². The maximum Gasteiger partial charge on any atom is 0.0360 e. The largest absolute Gasteiger partial charge is 0.143 e. The summed E-state index contributed by atoms with van der Waals surface area (Å²) < 4.78 is 1.26. The van der Waals surface area contributed by atoms with Crippen molar-refractivity contribution < 1.29 is 0 Å². The molecule has 0 spiro atoms. The zero-order valence-corrected chi connectivity index (χ0v) is 6.88. The summed E-state index contributed by atoms with van der Waals surface area (Å²) >= 11 is 5.93. The number of benzene rings is 1. The van der Waals surface area contributed by atoms with Crippen molar-refractivity contribution in [1.82, 2.24) is 0 Å². The highest BCUT2D eigenvalue weighted by atomic mass is 32.1. The minimum Gasteiger partial charge on any atom is -0.143 e. The van der Waals surface area contributed by atoms with Crippen LogP contribution in [0.2, 0.25) is 0 Å². The second kappa shape index (κ2) is 2.29. The van der Waals surface area contributed by atoms with E-state index in [-0.39, 0.29) is 0 Å². The Morgan fingerprint density at radius 3 is 3.20 bits per heavy atom. The van der Waals surface area contributed by atoms with Crippen LogP contribution >= 0.6 is 24.0 Å². The molecule has 0 N–H and O–H groups in total. The molecule has 1 aromatic carbocycles. The van der Waals surface area contributed by atoms with Crippen LogP contribution in [0.4, 0.5) is 0 Å². The molecule has 10 heavy (non-hydrogen) atoms. The first-order chi connectivity index (χ1) is 4.86. The monoisotopic (exact) mass is 165 g/mol. The van der Waals surface area contributed by atoms with Gasteiger partial charge in [0.1, 0.15) is 0 Å². The van der Waals surface area contributed by atoms with Gasteiger partial charge in [-0.05, 0) is 17.5 Å². The van der Waals surface area contributed by atoms with Gasteiger partial charge in [0.2, 0.25) is 0 Å². The Labute approximate surface area is 68.9 Å². The summed E-state index contributed by atoms with van der Waals surface area (Å²) in [6.07, 6.45) is 0. The molecule has 0 aliphatic rings. The molecular formula is C8H5S2. The van der Waals surface area contributed by atoms with Crippen molar-refractivity contribution in [3.8, 4) is 0 Å². The summed E-state index contributed by atoms with van der Waals surface area (Å²) in [6, 6.07) is 9.20. The van der Waals surface area contributed by atoms with Crippen LogP contribution in [0, 0.1) is 6.07 Å². The van der Waals surface area contributed by atoms with E-state index in [1.807, 2.05) is 17.5 Å². The van der Waals surface area contributed by atoms with E-state index in [4.69, 9.17) is 0 Å². The average molecular weight is 165 g/mol. The molecule has 0 nitrogen and oxygen atoms in total. The van der Waals surface area contributed by atoms with Gasteiger partial charge >= 0.3 is 0 Å². The topological polar surface area (TPSA) is 0 Å². The van der Waals surface area contributed by atoms with Crippen LogP contribution < -0.4 is 0 Å². The molecular weight excluding hydrogens is 160 g/mol. The molecule has 0 atom stereocenters. The molecule has 1 radical (unpaired) electrons. The normalized spacial score (nSPS) is 10.5. The fourth-order valence-corrected chi connectivity index (χ4v) is 1.94. The van der Waals surface area contributed by atoms with E-state index in [0.717, 1.165) is 4.90 Å². The summed E-state index contributed by atoms with van der Waals surface area (Å²) in [6.45, 7) is 0. The Balaban J connectivity index is 2.86. The molecule has 0 fully saturated rings. The Kier molecular flexibility index (Phi) is 1.43. The molecule has 0 bridgehead atoms. The highest BCUT2D eigenvalue weighted by molar-refractivity contribution is 7.80. The molecule has 1 aromatic heterocycles. The number of hydrogen-bond acceptors (Lipinski definition) is 2. The number of fused-ring (bicyclic) bond motifs is 1. The fourth-order valence-electron chi connectivity index (χ4n) is 0.884. The molecule has 0 aliphatic heterocycles. The van der Waals surface area contributed by atoms with Crippen LogP contribution in [0.25, 0.3) is 10.1 Å². The lowest BCUT2D eigenvalue weighted by Crippen LogP contribution is -1.62. The van der Waals surface area contributed by atoms with Crippen LogP contribution in [0.5, 0.6) is 0 Å². The van der Waals surface area contributed by atoms with E-state index < -0.39 is 0 Å². The molecule has 2 aromatic rings. The summed E-state index contributed by atoms with van der Waals surface area (Å²) in [7, 11) is 0. The predicted octanol–water partition coefficient (Wildman–Crippen LogP) is 2.99. The highest BCUT2D eigenvalue weighted by Gasteiger charge is 1.93. The van der Waals surface area contributed by atoms with Crippen LogP contribution in [0.3, 0.4) is 0 Å². The lowest BCUT2D eigenvalue weighted by Gasteiger charge is -1.88. The quantitative estimate of drug-likeness (QED) is 0.570. The summed E-state index contributed by atoms with van der Waals surface area (Å²) in [5, 5.41) is 3.15. The van der Waals surface area contributed by atoms with Gasteiger partial charge in [0.15, 0.2) is 0 Å². The van der Waals surface area contributed by atoms with Crippen molar-refractivity contribution in [2.24, 2.45) is 0 Å². The molecule has 2 heteroatoms. The van der Waals surface area contributed by atoms with Gasteiger partial charge in [0, 0.05) is 21.0 Å². The van der Waals surface area contributed by atoms with Gasteiger partial charge in [-0.1, -0.05) is 6.07 Å². The van der Waals surface area contributed by atoms with Crippen LogP contribution in [0.1, 0.15) is 0 Å². The minimum atomic E-state index is 1.02. The number of thiophene rings is 1. The van der Waals surface area contributed by atoms with Gasteiger partial charge in [-0.2, -0.15) is 0 Å². The molecule has 0 unspecified atom stereocenters. The highest BCUT2D eigenvalue weighted by Crippen LogP contribution is 2.22. The van der Waals surface area contributed by atoms with E-state index in [9.17, 15) is 0 Å². The van der Waals surface area contributed by atoms with Crippen molar-refractivity contribution in [3.05, 3.63) is 29.6 Å². The first kappa shape index (κ1) is 6.25. The lowest BCUT2D eigenvalue weighted by molar-refractivity contribution is 1.54. The minimum absolute atomic E-state index is 1.02. The van der Waals surface area contributed by atoms with E-state index in [1.165, 1.54) is 10.1 Å². The third-order valence-electron chi connectivity index (χ3n) is 1.37. The number of thiol groups is 1. The molecule has 1 heterocycles. The fraction of sp³-hybridized carbons (Fsp3) is 0. The molecule has 0 saturated carbocycles. The first-order valence-corrected chi connectivity index (χ1v) is 4.27. The maximum absolute atomic E-state index is 4.23. The van der Waals surface area contributed by atoms with Crippen molar-refractivity contribution in [2.45, 2.75) is 4.90 Å². The van der Waals surface area contributed by atoms with Crippen LogP contribution in [-0.2, 0) is 0 Å². The zero-order chi connectivity index (χ0) is 6.97. The van der Waals surface area contributed by atoms with Crippen LogP contribution in [0.15, 0.2) is 28.5 Å². The maximum atomic E-state index is 4.23. The number of hydrogen-bond donors (Lipinski definition) is 1. The van der Waals surface area contributed by atoms with Gasteiger partial charge < -0.3 is 0 Å². The second-order valence-corrected chi connectivity index (χ2v) is 3.49.